The molecular formula is C14H14IN. The Hall–Kier alpha value is -1.03. The fourth-order valence-corrected chi connectivity index (χ4v) is 2.09. The summed E-state index contributed by atoms with van der Waals surface area (Å²) in [5.41, 5.74) is 3.84. The summed E-state index contributed by atoms with van der Waals surface area (Å²) >= 11 is 2.36. The van der Waals surface area contributed by atoms with Crippen molar-refractivity contribution in [2.75, 3.05) is 5.32 Å². The van der Waals surface area contributed by atoms with Crippen LogP contribution in [0.3, 0.4) is 0 Å². The van der Waals surface area contributed by atoms with Crippen molar-refractivity contribution in [3.8, 4) is 0 Å². The molecule has 0 aromatic heterocycles. The van der Waals surface area contributed by atoms with Crippen LogP contribution in [0.4, 0.5) is 5.69 Å². The van der Waals surface area contributed by atoms with E-state index in [0.29, 0.717) is 0 Å². The van der Waals surface area contributed by atoms with E-state index in [1.807, 2.05) is 6.07 Å². The fourth-order valence-electron chi connectivity index (χ4n) is 1.59. The molecule has 2 aromatic carbocycles. The number of rotatable bonds is 3. The molecule has 0 saturated carbocycles. The molecule has 0 atom stereocenters. The number of benzene rings is 2. The third kappa shape index (κ3) is 2.76. The van der Waals surface area contributed by atoms with Crippen molar-refractivity contribution >= 4 is 28.3 Å². The highest BCUT2D eigenvalue weighted by Crippen LogP contribution is 2.20. The minimum atomic E-state index is 0.877. The molecule has 0 unspecified atom stereocenters. The van der Waals surface area contributed by atoms with E-state index in [2.05, 4.69) is 77.3 Å². The molecule has 2 heteroatoms. The number of hydrogen-bond acceptors (Lipinski definition) is 1. The second-order valence-electron chi connectivity index (χ2n) is 3.75. The van der Waals surface area contributed by atoms with Crippen molar-refractivity contribution < 1.29 is 0 Å². The van der Waals surface area contributed by atoms with Gasteiger partial charge < -0.3 is 5.32 Å². The van der Waals surface area contributed by atoms with Gasteiger partial charge >= 0.3 is 0 Å². The Morgan fingerprint density at radius 3 is 2.50 bits per heavy atom. The fraction of sp³-hybridized carbons (Fsp3) is 0.143. The second-order valence-corrected chi connectivity index (χ2v) is 4.91. The molecule has 16 heavy (non-hydrogen) atoms. The minimum Gasteiger partial charge on any atom is -0.381 e. The lowest BCUT2D eigenvalue weighted by atomic mass is 10.2. The van der Waals surface area contributed by atoms with Crippen molar-refractivity contribution in [2.45, 2.75) is 13.5 Å². The highest BCUT2D eigenvalue weighted by molar-refractivity contribution is 14.1. The first-order valence-corrected chi connectivity index (χ1v) is 6.38. The van der Waals surface area contributed by atoms with Gasteiger partial charge in [0.1, 0.15) is 0 Å². The molecular weight excluding hydrogens is 309 g/mol. The zero-order valence-corrected chi connectivity index (χ0v) is 11.4. The summed E-state index contributed by atoms with van der Waals surface area (Å²) in [6.45, 7) is 3.02. The average Bonchev–Trinajstić information content (AvgIpc) is 2.32. The Kier molecular flexibility index (Phi) is 3.83. The Balaban J connectivity index is 2.08. The van der Waals surface area contributed by atoms with Gasteiger partial charge in [0.2, 0.25) is 0 Å². The summed E-state index contributed by atoms with van der Waals surface area (Å²) in [5.74, 6) is 0. The van der Waals surface area contributed by atoms with Crippen LogP contribution < -0.4 is 5.32 Å². The van der Waals surface area contributed by atoms with Gasteiger partial charge in [0.05, 0.1) is 0 Å². The van der Waals surface area contributed by atoms with Gasteiger partial charge in [-0.25, -0.2) is 0 Å². The van der Waals surface area contributed by atoms with E-state index in [-0.39, 0.29) is 0 Å². The van der Waals surface area contributed by atoms with E-state index in [1.165, 1.54) is 20.4 Å². The maximum Gasteiger partial charge on any atom is 0.0400 e. The Morgan fingerprint density at radius 1 is 1.00 bits per heavy atom. The summed E-state index contributed by atoms with van der Waals surface area (Å²) in [5, 5.41) is 3.47. The molecule has 0 fully saturated rings. The number of hydrogen-bond donors (Lipinski definition) is 1. The van der Waals surface area contributed by atoms with Gasteiger partial charge in [-0.1, -0.05) is 36.4 Å². The minimum absolute atomic E-state index is 0.877. The molecule has 2 rings (SSSR count). The van der Waals surface area contributed by atoms with Crippen LogP contribution in [0.15, 0.2) is 48.5 Å². The van der Waals surface area contributed by atoms with E-state index in [1.54, 1.807) is 0 Å². The Morgan fingerprint density at radius 2 is 1.75 bits per heavy atom. The molecule has 0 aliphatic heterocycles. The molecule has 0 radical (unpaired) electrons. The van der Waals surface area contributed by atoms with Crippen LogP contribution in [-0.2, 0) is 6.54 Å². The summed E-state index contributed by atoms with van der Waals surface area (Å²) in [6.07, 6.45) is 0. The van der Waals surface area contributed by atoms with E-state index >= 15 is 0 Å². The molecule has 1 N–H and O–H groups in total. The van der Waals surface area contributed by atoms with Crippen molar-refractivity contribution in [3.63, 3.8) is 0 Å². The standard InChI is InChI=1S/C14H14IN/c1-11-13(15)8-5-9-14(11)16-10-12-6-3-2-4-7-12/h2-9,16H,10H2,1H3. The molecule has 0 heterocycles. The van der Waals surface area contributed by atoms with E-state index in [0.717, 1.165) is 6.54 Å². The summed E-state index contributed by atoms with van der Waals surface area (Å²) in [4.78, 5) is 0. The van der Waals surface area contributed by atoms with Gasteiger partial charge in [-0.3, -0.25) is 0 Å². The third-order valence-corrected chi connectivity index (χ3v) is 3.76. The van der Waals surface area contributed by atoms with Gasteiger partial charge in [0.25, 0.3) is 0 Å². The number of anilines is 1. The summed E-state index contributed by atoms with van der Waals surface area (Å²) in [7, 11) is 0. The van der Waals surface area contributed by atoms with Crippen LogP contribution >= 0.6 is 22.6 Å². The van der Waals surface area contributed by atoms with Crippen LogP contribution in [0.2, 0.25) is 0 Å². The molecule has 0 amide bonds. The summed E-state index contributed by atoms with van der Waals surface area (Å²) < 4.78 is 1.30. The quantitative estimate of drug-likeness (QED) is 0.834. The molecule has 0 spiro atoms. The van der Waals surface area contributed by atoms with Crippen molar-refractivity contribution in [1.29, 1.82) is 0 Å². The van der Waals surface area contributed by atoms with Crippen LogP contribution in [0.5, 0.6) is 0 Å². The second kappa shape index (κ2) is 5.34. The highest BCUT2D eigenvalue weighted by atomic mass is 127. The molecule has 2 aromatic rings. The van der Waals surface area contributed by atoms with Gasteiger partial charge in [-0.15, -0.1) is 0 Å². The molecule has 0 bridgehead atoms. The smallest absolute Gasteiger partial charge is 0.0400 e. The van der Waals surface area contributed by atoms with Crippen LogP contribution in [0, 0.1) is 10.5 Å². The van der Waals surface area contributed by atoms with Crippen molar-refractivity contribution in [1.82, 2.24) is 0 Å². The Bertz CT molecular complexity index is 465. The maximum absolute atomic E-state index is 3.47. The monoisotopic (exact) mass is 323 g/mol. The molecule has 0 saturated heterocycles. The number of halogens is 1. The normalized spacial score (nSPS) is 10.1. The first-order valence-electron chi connectivity index (χ1n) is 5.30. The average molecular weight is 323 g/mol. The predicted molar refractivity (Wildman–Crippen MR) is 77.7 cm³/mol. The van der Waals surface area contributed by atoms with Crippen LogP contribution in [-0.4, -0.2) is 0 Å². The Labute approximate surface area is 110 Å². The lowest BCUT2D eigenvalue weighted by molar-refractivity contribution is 1.14. The maximum atomic E-state index is 3.47. The molecule has 0 aliphatic carbocycles. The largest absolute Gasteiger partial charge is 0.381 e. The van der Waals surface area contributed by atoms with Crippen molar-refractivity contribution in [2.24, 2.45) is 0 Å². The van der Waals surface area contributed by atoms with E-state index in [4.69, 9.17) is 0 Å². The first-order chi connectivity index (χ1) is 7.77. The predicted octanol–water partition coefficient (Wildman–Crippen LogP) is 4.21. The summed E-state index contributed by atoms with van der Waals surface area (Å²) in [6, 6.07) is 16.8. The van der Waals surface area contributed by atoms with Crippen LogP contribution in [0.25, 0.3) is 0 Å². The van der Waals surface area contributed by atoms with Gasteiger partial charge in [0, 0.05) is 15.8 Å². The van der Waals surface area contributed by atoms with Gasteiger partial charge in [-0.05, 0) is 52.8 Å². The van der Waals surface area contributed by atoms with Gasteiger partial charge in [0.15, 0.2) is 0 Å². The first kappa shape index (κ1) is 11.5. The van der Waals surface area contributed by atoms with Crippen molar-refractivity contribution in [3.05, 3.63) is 63.2 Å². The highest BCUT2D eigenvalue weighted by Gasteiger charge is 2.00. The van der Waals surface area contributed by atoms with E-state index < -0.39 is 0 Å². The topological polar surface area (TPSA) is 12.0 Å². The lowest BCUT2D eigenvalue weighted by Crippen LogP contribution is -2.01. The zero-order valence-electron chi connectivity index (χ0n) is 9.20. The third-order valence-electron chi connectivity index (χ3n) is 2.59. The number of nitrogens with one attached hydrogen (secondary N) is 1. The molecule has 1 nitrogen and oxygen atoms in total. The van der Waals surface area contributed by atoms with E-state index in [9.17, 15) is 0 Å². The molecule has 0 aliphatic rings. The zero-order chi connectivity index (χ0) is 11.4. The SMILES string of the molecule is Cc1c(I)cccc1NCc1ccccc1. The van der Waals surface area contributed by atoms with Gasteiger partial charge in [-0.2, -0.15) is 0 Å². The molecule has 82 valence electrons. The lowest BCUT2D eigenvalue weighted by Gasteiger charge is -2.10. The van der Waals surface area contributed by atoms with Crippen LogP contribution in [0.1, 0.15) is 11.1 Å².